The van der Waals surface area contributed by atoms with Crippen molar-refractivity contribution in [1.82, 2.24) is 0 Å². The zero-order valence-electron chi connectivity index (χ0n) is 5.80. The van der Waals surface area contributed by atoms with Crippen LogP contribution in [0.1, 0.15) is 6.92 Å². The summed E-state index contributed by atoms with van der Waals surface area (Å²) in [5, 5.41) is 0. The minimum Gasteiger partial charge on any atom is -0.365 e. The number of carbonyl (C=O) groups is 1. The monoisotopic (exact) mass is 133 g/mol. The van der Waals surface area contributed by atoms with Gasteiger partial charge in [-0.15, -0.1) is 0 Å². The van der Waals surface area contributed by atoms with E-state index in [4.69, 9.17) is 5.73 Å². The highest BCUT2D eigenvalue weighted by Crippen LogP contribution is 2.06. The lowest BCUT2D eigenvalue weighted by atomic mass is 10.3. The van der Waals surface area contributed by atoms with E-state index in [1.807, 2.05) is 0 Å². The van der Waals surface area contributed by atoms with Gasteiger partial charge in [0.2, 0.25) is 5.79 Å². The van der Waals surface area contributed by atoms with Gasteiger partial charge in [-0.1, -0.05) is 0 Å². The number of amides is 1. The molecule has 0 fully saturated rings. The van der Waals surface area contributed by atoms with Crippen LogP contribution in [0.25, 0.3) is 0 Å². The fourth-order valence-corrected chi connectivity index (χ4v) is 0.285. The highest BCUT2D eigenvalue weighted by molar-refractivity contribution is 5.81. The van der Waals surface area contributed by atoms with Crippen LogP contribution in [-0.4, -0.2) is 25.9 Å². The number of ether oxygens (including phenoxy) is 2. The van der Waals surface area contributed by atoms with Crippen molar-refractivity contribution in [3.63, 3.8) is 0 Å². The van der Waals surface area contributed by atoms with E-state index in [-0.39, 0.29) is 0 Å². The van der Waals surface area contributed by atoms with Gasteiger partial charge in [-0.2, -0.15) is 0 Å². The second-order valence-electron chi connectivity index (χ2n) is 1.72. The largest absolute Gasteiger partial charge is 0.365 e. The molecule has 0 aromatic heterocycles. The molecule has 4 heteroatoms. The minimum absolute atomic E-state index is 0.632. The molecular weight excluding hydrogens is 122 g/mol. The van der Waals surface area contributed by atoms with Crippen LogP contribution >= 0.6 is 0 Å². The fraction of sp³-hybridized carbons (Fsp3) is 0.800. The first-order valence-corrected chi connectivity index (χ1v) is 2.47. The maximum atomic E-state index is 10.5. The van der Waals surface area contributed by atoms with E-state index >= 15 is 0 Å². The summed E-state index contributed by atoms with van der Waals surface area (Å²) in [6.45, 7) is 1.45. The van der Waals surface area contributed by atoms with Gasteiger partial charge < -0.3 is 15.2 Å². The van der Waals surface area contributed by atoms with Crippen molar-refractivity contribution < 1.29 is 14.3 Å². The molecule has 0 atom stereocenters. The molecule has 0 rings (SSSR count). The van der Waals surface area contributed by atoms with Gasteiger partial charge in [-0.05, 0) is 6.92 Å². The molecule has 0 aliphatic heterocycles. The molecule has 2 N–H and O–H groups in total. The molecule has 0 aliphatic carbocycles. The zero-order valence-corrected chi connectivity index (χ0v) is 5.80. The van der Waals surface area contributed by atoms with Crippen LogP contribution in [0.3, 0.4) is 0 Å². The third kappa shape index (κ3) is 1.65. The Hall–Kier alpha value is -0.610. The smallest absolute Gasteiger partial charge is 0.277 e. The molecule has 54 valence electrons. The summed E-state index contributed by atoms with van der Waals surface area (Å²) in [7, 11) is 2.71. The Labute approximate surface area is 53.9 Å². The number of carbonyl (C=O) groups excluding carboxylic acids is 1. The van der Waals surface area contributed by atoms with Crippen molar-refractivity contribution >= 4 is 5.91 Å². The number of hydrogen-bond acceptors (Lipinski definition) is 3. The third-order valence-electron chi connectivity index (χ3n) is 1.23. The lowest BCUT2D eigenvalue weighted by Gasteiger charge is -2.21. The average Bonchev–Trinajstić information content (AvgIpc) is 1.86. The maximum Gasteiger partial charge on any atom is 0.277 e. The predicted molar refractivity (Wildman–Crippen MR) is 31.6 cm³/mol. The van der Waals surface area contributed by atoms with Crippen molar-refractivity contribution in [1.29, 1.82) is 0 Å². The predicted octanol–water partition coefficient (Wildman–Crippen LogP) is -0.519. The first-order valence-electron chi connectivity index (χ1n) is 2.47. The molecule has 0 aliphatic rings. The van der Waals surface area contributed by atoms with E-state index in [1.165, 1.54) is 21.1 Å². The molecule has 4 nitrogen and oxygen atoms in total. The van der Waals surface area contributed by atoms with Crippen LogP contribution in [0.5, 0.6) is 0 Å². The molecule has 0 aromatic carbocycles. The van der Waals surface area contributed by atoms with Gasteiger partial charge in [-0.3, -0.25) is 4.79 Å². The molecule has 0 saturated carbocycles. The van der Waals surface area contributed by atoms with Crippen LogP contribution in [-0.2, 0) is 14.3 Å². The first kappa shape index (κ1) is 8.39. The summed E-state index contributed by atoms with van der Waals surface area (Å²) in [6.07, 6.45) is 0. The van der Waals surface area contributed by atoms with Crippen molar-refractivity contribution in [2.75, 3.05) is 14.2 Å². The Bertz CT molecular complexity index is 109. The minimum atomic E-state index is -1.28. The van der Waals surface area contributed by atoms with Crippen molar-refractivity contribution in [3.8, 4) is 0 Å². The summed E-state index contributed by atoms with van der Waals surface area (Å²) in [4.78, 5) is 10.5. The van der Waals surface area contributed by atoms with Gasteiger partial charge >= 0.3 is 0 Å². The molecular formula is C5H11NO3. The molecule has 9 heavy (non-hydrogen) atoms. The topological polar surface area (TPSA) is 61.6 Å². The Morgan fingerprint density at radius 2 is 1.78 bits per heavy atom. The summed E-state index contributed by atoms with van der Waals surface area (Å²) >= 11 is 0. The second-order valence-corrected chi connectivity index (χ2v) is 1.72. The third-order valence-corrected chi connectivity index (χ3v) is 1.23. The second kappa shape index (κ2) is 2.80. The van der Waals surface area contributed by atoms with Crippen molar-refractivity contribution in [3.05, 3.63) is 0 Å². The standard InChI is InChI=1S/C5H11NO3/c1-5(8-2,9-3)4(6)7/h1-3H3,(H2,6,7). The Morgan fingerprint density at radius 1 is 1.44 bits per heavy atom. The summed E-state index contributed by atoms with van der Waals surface area (Å²) in [5.74, 6) is -1.91. The quantitative estimate of drug-likeness (QED) is 0.527. The molecule has 0 bridgehead atoms. The van der Waals surface area contributed by atoms with Gasteiger partial charge in [0, 0.05) is 14.2 Å². The Kier molecular flexibility index (Phi) is 2.61. The van der Waals surface area contributed by atoms with Crippen LogP contribution in [0.2, 0.25) is 0 Å². The molecule has 0 heterocycles. The van der Waals surface area contributed by atoms with Crippen LogP contribution in [0, 0.1) is 0 Å². The van der Waals surface area contributed by atoms with E-state index in [0.29, 0.717) is 0 Å². The summed E-state index contributed by atoms with van der Waals surface area (Å²) in [6, 6.07) is 0. The normalized spacial score (nSPS) is 11.4. The van der Waals surface area contributed by atoms with Gasteiger partial charge in [0.25, 0.3) is 5.91 Å². The number of primary amides is 1. The van der Waals surface area contributed by atoms with E-state index in [1.54, 1.807) is 0 Å². The summed E-state index contributed by atoms with van der Waals surface area (Å²) < 4.78 is 9.30. The summed E-state index contributed by atoms with van der Waals surface area (Å²) in [5.41, 5.74) is 4.90. The van der Waals surface area contributed by atoms with E-state index in [0.717, 1.165) is 0 Å². The molecule has 1 amide bonds. The van der Waals surface area contributed by atoms with Gasteiger partial charge in [0.1, 0.15) is 0 Å². The van der Waals surface area contributed by atoms with Crippen molar-refractivity contribution in [2.24, 2.45) is 5.73 Å². The Morgan fingerprint density at radius 3 is 1.78 bits per heavy atom. The van der Waals surface area contributed by atoms with Gasteiger partial charge in [0.15, 0.2) is 0 Å². The van der Waals surface area contributed by atoms with Gasteiger partial charge in [0.05, 0.1) is 0 Å². The maximum absolute atomic E-state index is 10.5. The lowest BCUT2D eigenvalue weighted by Crippen LogP contribution is -2.44. The molecule has 0 saturated heterocycles. The highest BCUT2D eigenvalue weighted by Gasteiger charge is 2.29. The molecule has 0 radical (unpaired) electrons. The van der Waals surface area contributed by atoms with Crippen LogP contribution < -0.4 is 5.73 Å². The first-order chi connectivity index (χ1) is 4.06. The highest BCUT2D eigenvalue weighted by atomic mass is 16.7. The molecule has 0 aromatic rings. The number of hydrogen-bond donors (Lipinski definition) is 1. The van der Waals surface area contributed by atoms with Crippen molar-refractivity contribution in [2.45, 2.75) is 12.7 Å². The van der Waals surface area contributed by atoms with Crippen LogP contribution in [0.4, 0.5) is 0 Å². The number of nitrogens with two attached hydrogens (primary N) is 1. The van der Waals surface area contributed by atoms with E-state index in [9.17, 15) is 4.79 Å². The fourth-order valence-electron chi connectivity index (χ4n) is 0.285. The van der Waals surface area contributed by atoms with E-state index < -0.39 is 11.7 Å². The average molecular weight is 133 g/mol. The SMILES string of the molecule is COC(C)(OC)C(N)=O. The van der Waals surface area contributed by atoms with Crippen LogP contribution in [0.15, 0.2) is 0 Å². The van der Waals surface area contributed by atoms with Gasteiger partial charge in [-0.25, -0.2) is 0 Å². The Balaban J connectivity index is 4.09. The number of rotatable bonds is 3. The zero-order chi connectivity index (χ0) is 7.49. The molecule has 0 unspecified atom stereocenters. The lowest BCUT2D eigenvalue weighted by molar-refractivity contribution is -0.197. The number of methoxy groups -OCH3 is 2. The molecule has 0 spiro atoms. The van der Waals surface area contributed by atoms with E-state index in [2.05, 4.69) is 9.47 Å².